The molecule has 0 aromatic carbocycles. The highest BCUT2D eigenvalue weighted by Crippen LogP contribution is 2.38. The number of rotatable bonds is 52. The van der Waals surface area contributed by atoms with Crippen LogP contribution in [0, 0.1) is 0 Å². The smallest absolute Gasteiger partial charge is 0.306 e. The van der Waals surface area contributed by atoms with Crippen LogP contribution in [-0.2, 0) is 32.7 Å². The van der Waals surface area contributed by atoms with Crippen LogP contribution in [0.15, 0.2) is 85.1 Å². The Morgan fingerprint density at radius 1 is 0.451 bits per heavy atom. The fourth-order valence-electron chi connectivity index (χ4n) is 7.71. The normalized spacial score (nSPS) is 13.9. The molecule has 0 fully saturated rings. The number of phosphoric acid groups is 1. The second kappa shape index (κ2) is 52.1. The van der Waals surface area contributed by atoms with E-state index < -0.39 is 32.5 Å². The Bertz CT molecular complexity index is 1470. The summed E-state index contributed by atoms with van der Waals surface area (Å²) in [4.78, 5) is 37.7. The molecule has 2 unspecified atom stereocenters. The van der Waals surface area contributed by atoms with Gasteiger partial charge < -0.3 is 27.9 Å². The molecule has 9 nitrogen and oxygen atoms in total. The zero-order valence-electron chi connectivity index (χ0n) is 46.4. The van der Waals surface area contributed by atoms with Crippen LogP contribution in [0.4, 0.5) is 0 Å². The van der Waals surface area contributed by atoms with Gasteiger partial charge in [0.15, 0.2) is 6.10 Å². The molecule has 0 spiro atoms. The highest BCUT2D eigenvalue weighted by Gasteiger charge is 2.21. The molecule has 0 saturated carbocycles. The molecule has 0 rings (SSSR count). The lowest BCUT2D eigenvalue weighted by Gasteiger charge is -2.28. The number of ether oxygens (including phenoxy) is 2. The molecular formula is C61H108NO8P. The van der Waals surface area contributed by atoms with E-state index in [0.717, 1.165) is 96.3 Å². The Morgan fingerprint density at radius 3 is 1.21 bits per heavy atom. The lowest BCUT2D eigenvalue weighted by Crippen LogP contribution is -2.37. The average Bonchev–Trinajstić information content (AvgIpc) is 3.33. The number of carbonyl (C=O) groups excluding carboxylic acids is 2. The number of esters is 2. The maximum atomic E-state index is 12.8. The number of phosphoric ester groups is 1. The summed E-state index contributed by atoms with van der Waals surface area (Å²) < 4.78 is 34.1. The topological polar surface area (TPSA) is 111 Å². The molecule has 0 aliphatic heterocycles. The van der Waals surface area contributed by atoms with E-state index in [9.17, 15) is 19.0 Å². The number of carbonyl (C=O) groups is 2. The van der Waals surface area contributed by atoms with Gasteiger partial charge in [-0.1, -0.05) is 221 Å². The summed E-state index contributed by atoms with van der Waals surface area (Å²) in [5, 5.41) is 0. The molecule has 0 radical (unpaired) electrons. The van der Waals surface area contributed by atoms with Gasteiger partial charge in [-0.15, -0.1) is 0 Å². The van der Waals surface area contributed by atoms with Crippen LogP contribution in [0.2, 0.25) is 0 Å². The van der Waals surface area contributed by atoms with Crippen LogP contribution >= 0.6 is 7.82 Å². The van der Waals surface area contributed by atoms with Gasteiger partial charge in [0.05, 0.1) is 27.7 Å². The minimum atomic E-state index is -4.63. The molecule has 71 heavy (non-hydrogen) atoms. The fraction of sp³-hybridized carbons (Fsp3) is 0.738. The molecule has 0 aromatic heterocycles. The van der Waals surface area contributed by atoms with Gasteiger partial charge >= 0.3 is 11.9 Å². The fourth-order valence-corrected chi connectivity index (χ4v) is 8.44. The third kappa shape index (κ3) is 56.3. The molecule has 0 bridgehead atoms. The minimum absolute atomic E-state index is 0.0338. The third-order valence-corrected chi connectivity index (χ3v) is 13.1. The summed E-state index contributed by atoms with van der Waals surface area (Å²) in [6.45, 7) is 4.09. The summed E-state index contributed by atoms with van der Waals surface area (Å²) in [5.41, 5.74) is 0. The first-order valence-electron chi connectivity index (χ1n) is 28.8. The van der Waals surface area contributed by atoms with Crippen molar-refractivity contribution in [2.45, 2.75) is 245 Å². The maximum Gasteiger partial charge on any atom is 0.306 e. The van der Waals surface area contributed by atoms with E-state index in [2.05, 4.69) is 98.9 Å². The van der Waals surface area contributed by atoms with Crippen LogP contribution in [0.1, 0.15) is 239 Å². The Labute approximate surface area is 437 Å². The minimum Gasteiger partial charge on any atom is -0.756 e. The molecule has 0 aliphatic rings. The molecule has 0 amide bonds. The number of quaternary nitrogens is 1. The molecular weight excluding hydrogens is 906 g/mol. The zero-order chi connectivity index (χ0) is 52.0. The van der Waals surface area contributed by atoms with Gasteiger partial charge in [0.1, 0.15) is 19.8 Å². The summed E-state index contributed by atoms with van der Waals surface area (Å²) >= 11 is 0. The van der Waals surface area contributed by atoms with E-state index >= 15 is 0 Å². The van der Waals surface area contributed by atoms with Gasteiger partial charge in [-0.25, -0.2) is 0 Å². The highest BCUT2D eigenvalue weighted by atomic mass is 31.2. The first-order chi connectivity index (χ1) is 34.5. The maximum absolute atomic E-state index is 12.8. The van der Waals surface area contributed by atoms with Crippen molar-refractivity contribution in [1.82, 2.24) is 0 Å². The Morgan fingerprint density at radius 2 is 0.803 bits per heavy atom. The van der Waals surface area contributed by atoms with Crippen LogP contribution in [-0.4, -0.2) is 70.0 Å². The SMILES string of the molecule is CC/C=C\C/C=C\C/C=C\C/C=C\C/C=C\C/C=C\CCCCCCCCCCCCCCCCCCC(=O)OC(COC(=O)CCCCCCC/C=C\CCCCC)COP(=O)([O-])OCC[N+](C)(C)C. The second-order valence-electron chi connectivity index (χ2n) is 20.3. The lowest BCUT2D eigenvalue weighted by atomic mass is 10.0. The molecule has 0 N–H and O–H groups in total. The number of allylic oxidation sites excluding steroid dienone is 14. The number of nitrogens with zero attached hydrogens (tertiary/aromatic N) is 1. The van der Waals surface area contributed by atoms with E-state index in [1.165, 1.54) is 109 Å². The number of hydrogen-bond acceptors (Lipinski definition) is 8. The predicted molar refractivity (Wildman–Crippen MR) is 300 cm³/mol. The van der Waals surface area contributed by atoms with Gasteiger partial charge in [-0.2, -0.15) is 0 Å². The molecule has 2 atom stereocenters. The van der Waals surface area contributed by atoms with Crippen molar-refractivity contribution in [1.29, 1.82) is 0 Å². The Hall–Kier alpha value is -2.81. The number of hydrogen-bond donors (Lipinski definition) is 0. The molecule has 0 heterocycles. The van der Waals surface area contributed by atoms with Crippen LogP contribution in [0.5, 0.6) is 0 Å². The Kier molecular flexibility index (Phi) is 50.0. The molecule has 410 valence electrons. The van der Waals surface area contributed by atoms with Gasteiger partial charge in [0.2, 0.25) is 0 Å². The van der Waals surface area contributed by atoms with Crippen LogP contribution in [0.25, 0.3) is 0 Å². The Balaban J connectivity index is 4.02. The van der Waals surface area contributed by atoms with Crippen LogP contribution < -0.4 is 4.89 Å². The first kappa shape index (κ1) is 68.2. The van der Waals surface area contributed by atoms with E-state index in [0.29, 0.717) is 17.4 Å². The summed E-state index contributed by atoms with van der Waals surface area (Å²) in [5.74, 6) is -0.843. The van der Waals surface area contributed by atoms with Gasteiger partial charge in [0.25, 0.3) is 7.82 Å². The van der Waals surface area contributed by atoms with E-state index in [1.54, 1.807) is 0 Å². The van der Waals surface area contributed by atoms with Crippen molar-refractivity contribution in [3.8, 4) is 0 Å². The summed E-state index contributed by atoms with van der Waals surface area (Å²) in [7, 11) is 1.16. The van der Waals surface area contributed by atoms with Crippen molar-refractivity contribution in [2.75, 3.05) is 47.5 Å². The predicted octanol–water partition coefficient (Wildman–Crippen LogP) is 17.2. The summed E-state index contributed by atoms with van der Waals surface area (Å²) in [6.07, 6.45) is 69.3. The van der Waals surface area contributed by atoms with Crippen molar-refractivity contribution in [2.24, 2.45) is 0 Å². The van der Waals surface area contributed by atoms with Gasteiger partial charge in [-0.05, 0) is 89.9 Å². The monoisotopic (exact) mass is 1010 g/mol. The molecule has 0 aromatic rings. The van der Waals surface area contributed by atoms with Crippen molar-refractivity contribution < 1.29 is 42.1 Å². The zero-order valence-corrected chi connectivity index (χ0v) is 47.3. The van der Waals surface area contributed by atoms with Gasteiger partial charge in [0, 0.05) is 12.8 Å². The largest absolute Gasteiger partial charge is 0.756 e. The average molecular weight is 1010 g/mol. The van der Waals surface area contributed by atoms with Crippen molar-refractivity contribution in [3.63, 3.8) is 0 Å². The van der Waals surface area contributed by atoms with Gasteiger partial charge in [-0.3, -0.25) is 14.2 Å². The van der Waals surface area contributed by atoms with Crippen LogP contribution in [0.3, 0.4) is 0 Å². The van der Waals surface area contributed by atoms with E-state index in [1.807, 2.05) is 21.1 Å². The van der Waals surface area contributed by atoms with Crippen molar-refractivity contribution in [3.05, 3.63) is 85.1 Å². The molecule has 10 heteroatoms. The standard InChI is InChI=1S/C61H108NO8P/c1-6-8-10-12-14-16-18-20-21-22-23-24-25-26-27-28-29-30-31-32-33-34-35-36-37-38-39-40-41-42-44-46-48-50-52-54-61(64)70-59(58-69-71(65,66)68-56-55-62(3,4)5)57-67-60(63)53-51-49-47-45-43-19-17-15-13-11-9-7-2/h8,10,14-17,20-21,23-24,26-27,29-30,59H,6-7,9,11-13,18-19,22,25,28,31-58H2,1-5H3/b10-8-,16-14-,17-15-,21-20-,24-23-,27-26-,30-29-. The highest BCUT2D eigenvalue weighted by molar-refractivity contribution is 7.45. The lowest BCUT2D eigenvalue weighted by molar-refractivity contribution is -0.870. The summed E-state index contributed by atoms with van der Waals surface area (Å²) in [6, 6.07) is 0. The second-order valence-corrected chi connectivity index (χ2v) is 21.7. The third-order valence-electron chi connectivity index (χ3n) is 12.1. The van der Waals surface area contributed by atoms with E-state index in [4.69, 9.17) is 18.5 Å². The van der Waals surface area contributed by atoms with Crippen molar-refractivity contribution >= 4 is 19.8 Å². The quantitative estimate of drug-likeness (QED) is 0.0195. The number of likely N-dealkylation sites (N-methyl/N-ethyl adjacent to an activating group) is 1. The van der Waals surface area contributed by atoms with E-state index in [-0.39, 0.29) is 26.1 Å². The molecule has 0 aliphatic carbocycles. The molecule has 0 saturated heterocycles. The number of unbranched alkanes of at least 4 members (excludes halogenated alkanes) is 24. The first-order valence-corrected chi connectivity index (χ1v) is 30.3.